The molecule has 1 saturated carbocycles. The average molecular weight is 264 g/mol. The highest BCUT2D eigenvalue weighted by atomic mass is 16.2. The molecule has 0 unspecified atom stereocenters. The van der Waals surface area contributed by atoms with E-state index >= 15 is 0 Å². The van der Waals surface area contributed by atoms with Gasteiger partial charge in [0.25, 0.3) is 5.91 Å². The first kappa shape index (κ1) is 12.4. The van der Waals surface area contributed by atoms with E-state index in [-0.39, 0.29) is 17.7 Å². The zero-order chi connectivity index (χ0) is 13.2. The Morgan fingerprint density at radius 2 is 1.89 bits per heavy atom. The van der Waals surface area contributed by atoms with E-state index in [1.54, 1.807) is 0 Å². The van der Waals surface area contributed by atoms with Crippen LogP contribution in [0.4, 0.5) is 5.95 Å². The molecule has 3 N–H and O–H groups in total. The van der Waals surface area contributed by atoms with Gasteiger partial charge in [-0.25, -0.2) is 0 Å². The normalized spacial score (nSPS) is 22.0. The quantitative estimate of drug-likeness (QED) is 0.790. The molecule has 0 spiro atoms. The molecule has 2 fully saturated rings. The molecule has 2 heterocycles. The van der Waals surface area contributed by atoms with Crippen molar-refractivity contribution in [2.45, 2.75) is 31.7 Å². The van der Waals surface area contributed by atoms with Crippen molar-refractivity contribution in [2.24, 2.45) is 0 Å². The van der Waals surface area contributed by atoms with Gasteiger partial charge >= 0.3 is 0 Å². The van der Waals surface area contributed by atoms with E-state index in [4.69, 9.17) is 5.73 Å². The Hall–Kier alpha value is -1.63. The molecule has 7 nitrogen and oxygen atoms in total. The molecule has 3 rings (SSSR count). The van der Waals surface area contributed by atoms with Crippen LogP contribution in [0.1, 0.15) is 36.3 Å². The molecular weight excluding hydrogens is 244 g/mol. The van der Waals surface area contributed by atoms with E-state index in [1.807, 2.05) is 4.90 Å². The summed E-state index contributed by atoms with van der Waals surface area (Å²) in [7, 11) is 0. The van der Waals surface area contributed by atoms with E-state index in [2.05, 4.69) is 20.1 Å². The van der Waals surface area contributed by atoms with Gasteiger partial charge in [0.2, 0.25) is 11.8 Å². The zero-order valence-electron chi connectivity index (χ0n) is 11.0. The molecule has 1 saturated heterocycles. The summed E-state index contributed by atoms with van der Waals surface area (Å²) >= 11 is 0. The number of hydrogen-bond donors (Lipinski definition) is 2. The van der Waals surface area contributed by atoms with Gasteiger partial charge in [-0.3, -0.25) is 14.8 Å². The van der Waals surface area contributed by atoms with Crippen LogP contribution in [0.15, 0.2) is 0 Å². The number of rotatable bonds is 2. The lowest BCUT2D eigenvalue weighted by molar-refractivity contribution is 0.0562. The standard InChI is InChI=1S/C12H20N6O/c13-12-14-10(15-16-12)11(19)18-7-5-17(6-8-18)9-3-1-2-4-9/h9H,1-8H2,(H3,13,14,15,16). The molecule has 1 aromatic rings. The summed E-state index contributed by atoms with van der Waals surface area (Å²) in [5.41, 5.74) is 5.42. The van der Waals surface area contributed by atoms with Crippen LogP contribution < -0.4 is 5.73 Å². The monoisotopic (exact) mass is 264 g/mol. The first-order valence-electron chi connectivity index (χ1n) is 6.95. The number of hydrogen-bond acceptors (Lipinski definition) is 5. The molecule has 19 heavy (non-hydrogen) atoms. The van der Waals surface area contributed by atoms with Crippen LogP contribution in [0.5, 0.6) is 0 Å². The number of carbonyl (C=O) groups is 1. The second-order valence-electron chi connectivity index (χ2n) is 5.31. The average Bonchev–Trinajstić information content (AvgIpc) is 3.09. The number of amides is 1. The van der Waals surface area contributed by atoms with Crippen LogP contribution in [-0.2, 0) is 0 Å². The Balaban J connectivity index is 1.56. The molecule has 0 atom stereocenters. The largest absolute Gasteiger partial charge is 0.366 e. The summed E-state index contributed by atoms with van der Waals surface area (Å²) in [6.07, 6.45) is 5.32. The first-order chi connectivity index (χ1) is 9.24. The maximum atomic E-state index is 12.2. The molecule has 1 aromatic heterocycles. The summed E-state index contributed by atoms with van der Waals surface area (Å²) in [5, 5.41) is 6.27. The number of aromatic amines is 1. The Bertz CT molecular complexity index is 445. The minimum absolute atomic E-state index is 0.102. The van der Waals surface area contributed by atoms with Crippen LogP contribution in [0.25, 0.3) is 0 Å². The Kier molecular flexibility index (Phi) is 3.37. The van der Waals surface area contributed by atoms with Crippen LogP contribution in [0.3, 0.4) is 0 Å². The summed E-state index contributed by atoms with van der Waals surface area (Å²) in [6.45, 7) is 3.44. The lowest BCUT2D eigenvalue weighted by atomic mass is 10.2. The first-order valence-corrected chi connectivity index (χ1v) is 6.95. The second kappa shape index (κ2) is 5.16. The van der Waals surface area contributed by atoms with Crippen LogP contribution in [0, 0.1) is 0 Å². The number of nitrogens with zero attached hydrogens (tertiary/aromatic N) is 4. The number of anilines is 1. The third-order valence-corrected chi connectivity index (χ3v) is 4.15. The molecule has 0 aromatic carbocycles. The summed E-state index contributed by atoms with van der Waals surface area (Å²) in [5.74, 6) is 0.259. The van der Waals surface area contributed by atoms with Crippen molar-refractivity contribution in [1.82, 2.24) is 25.0 Å². The molecule has 0 radical (unpaired) electrons. The van der Waals surface area contributed by atoms with Crippen molar-refractivity contribution in [3.63, 3.8) is 0 Å². The van der Waals surface area contributed by atoms with Gasteiger partial charge in [-0.2, -0.15) is 4.98 Å². The zero-order valence-corrected chi connectivity index (χ0v) is 11.0. The molecule has 7 heteroatoms. The highest BCUT2D eigenvalue weighted by Gasteiger charge is 2.29. The van der Waals surface area contributed by atoms with Gasteiger partial charge in [-0.15, -0.1) is 5.10 Å². The highest BCUT2D eigenvalue weighted by molar-refractivity contribution is 5.90. The fraction of sp³-hybridized carbons (Fsp3) is 0.750. The van der Waals surface area contributed by atoms with Gasteiger partial charge in [0, 0.05) is 32.2 Å². The van der Waals surface area contributed by atoms with E-state index < -0.39 is 0 Å². The fourth-order valence-electron chi connectivity index (χ4n) is 3.08. The Labute approximate surface area is 112 Å². The minimum Gasteiger partial charge on any atom is -0.366 e. The smallest absolute Gasteiger partial charge is 0.291 e. The van der Waals surface area contributed by atoms with Crippen molar-refractivity contribution in [3.05, 3.63) is 5.82 Å². The predicted octanol–water partition coefficient (Wildman–Crippen LogP) is 0.0873. The van der Waals surface area contributed by atoms with Gasteiger partial charge in [-0.05, 0) is 12.8 Å². The summed E-state index contributed by atoms with van der Waals surface area (Å²) in [4.78, 5) is 20.4. The number of nitrogens with one attached hydrogen (secondary N) is 1. The van der Waals surface area contributed by atoms with E-state index in [1.165, 1.54) is 25.7 Å². The SMILES string of the molecule is Nc1n[nH]c(C(=O)N2CCN(C3CCCC3)CC2)n1. The predicted molar refractivity (Wildman–Crippen MR) is 70.5 cm³/mol. The van der Waals surface area contributed by atoms with Gasteiger partial charge in [0.05, 0.1) is 0 Å². The Morgan fingerprint density at radius 1 is 1.21 bits per heavy atom. The van der Waals surface area contributed by atoms with Crippen molar-refractivity contribution in [1.29, 1.82) is 0 Å². The fourth-order valence-corrected chi connectivity index (χ4v) is 3.08. The minimum atomic E-state index is -0.102. The molecule has 1 amide bonds. The van der Waals surface area contributed by atoms with Crippen LogP contribution in [-0.4, -0.2) is 63.1 Å². The van der Waals surface area contributed by atoms with Gasteiger partial charge in [0.15, 0.2) is 0 Å². The van der Waals surface area contributed by atoms with Crippen LogP contribution in [0.2, 0.25) is 0 Å². The lowest BCUT2D eigenvalue weighted by Crippen LogP contribution is -2.51. The maximum absolute atomic E-state index is 12.2. The van der Waals surface area contributed by atoms with Gasteiger partial charge in [-0.1, -0.05) is 12.8 Å². The van der Waals surface area contributed by atoms with E-state index in [9.17, 15) is 4.79 Å². The molecule has 1 aliphatic carbocycles. The molecule has 1 aliphatic heterocycles. The number of aromatic nitrogens is 3. The van der Waals surface area contributed by atoms with Crippen molar-refractivity contribution >= 4 is 11.9 Å². The van der Waals surface area contributed by atoms with Gasteiger partial charge < -0.3 is 10.6 Å². The number of carbonyl (C=O) groups excluding carboxylic acids is 1. The third kappa shape index (κ3) is 2.56. The molecule has 2 aliphatic rings. The number of nitrogens with two attached hydrogens (primary N) is 1. The number of nitrogen functional groups attached to an aromatic ring is 1. The van der Waals surface area contributed by atoms with E-state index in [0.717, 1.165) is 32.2 Å². The molecule has 104 valence electrons. The van der Waals surface area contributed by atoms with Crippen molar-refractivity contribution < 1.29 is 4.79 Å². The summed E-state index contributed by atoms with van der Waals surface area (Å²) in [6, 6.07) is 0.734. The lowest BCUT2D eigenvalue weighted by Gasteiger charge is -2.37. The van der Waals surface area contributed by atoms with E-state index in [0.29, 0.717) is 0 Å². The number of piperazine rings is 1. The van der Waals surface area contributed by atoms with Crippen LogP contribution >= 0.6 is 0 Å². The Morgan fingerprint density at radius 3 is 2.47 bits per heavy atom. The van der Waals surface area contributed by atoms with Gasteiger partial charge in [0.1, 0.15) is 0 Å². The van der Waals surface area contributed by atoms with Crippen molar-refractivity contribution in [2.75, 3.05) is 31.9 Å². The summed E-state index contributed by atoms with van der Waals surface area (Å²) < 4.78 is 0. The maximum Gasteiger partial charge on any atom is 0.291 e. The molecular formula is C12H20N6O. The highest BCUT2D eigenvalue weighted by Crippen LogP contribution is 2.24. The topological polar surface area (TPSA) is 91.1 Å². The second-order valence-corrected chi connectivity index (χ2v) is 5.31. The van der Waals surface area contributed by atoms with Crippen molar-refractivity contribution in [3.8, 4) is 0 Å². The third-order valence-electron chi connectivity index (χ3n) is 4.15. The number of H-pyrrole nitrogens is 1. The molecule has 0 bridgehead atoms.